The molecule has 0 aliphatic carbocycles. The molecule has 0 bridgehead atoms. The molecule has 0 unspecified atom stereocenters. The van der Waals surface area contributed by atoms with Gasteiger partial charge in [0.05, 0.1) is 6.61 Å². The molecule has 5 heteroatoms. The first-order chi connectivity index (χ1) is 10.1. The minimum Gasteiger partial charge on any atom is -0.478 e. The summed E-state index contributed by atoms with van der Waals surface area (Å²) < 4.78 is 24.1. The van der Waals surface area contributed by atoms with Gasteiger partial charge in [-0.05, 0) is 36.2 Å². The summed E-state index contributed by atoms with van der Waals surface area (Å²) in [6, 6.07) is 10.8. The number of rotatable bonds is 6. The van der Waals surface area contributed by atoms with Crippen LogP contribution >= 0.6 is 0 Å². The van der Waals surface area contributed by atoms with Gasteiger partial charge in [-0.1, -0.05) is 18.2 Å². The molecule has 0 saturated heterocycles. The maximum atomic E-state index is 13.7. The van der Waals surface area contributed by atoms with Crippen LogP contribution in [0.2, 0.25) is 0 Å². The lowest BCUT2D eigenvalue weighted by Gasteiger charge is -2.10. The molecule has 0 fully saturated rings. The molecule has 0 aliphatic rings. The fourth-order valence-corrected chi connectivity index (χ4v) is 1.84. The summed E-state index contributed by atoms with van der Waals surface area (Å²) in [4.78, 5) is 11.1. The molecule has 2 aromatic carbocycles. The number of hydrogen-bond acceptors (Lipinski definition) is 3. The van der Waals surface area contributed by atoms with Gasteiger partial charge in [0, 0.05) is 7.11 Å². The summed E-state index contributed by atoms with van der Waals surface area (Å²) in [6.45, 7) is 0.608. The monoisotopic (exact) mass is 290 g/mol. The Morgan fingerprint density at radius 3 is 2.52 bits per heavy atom. The Morgan fingerprint density at radius 1 is 1.19 bits per heavy atom. The fraction of sp³-hybridized carbons (Fsp3) is 0.188. The van der Waals surface area contributed by atoms with E-state index in [0.29, 0.717) is 12.4 Å². The van der Waals surface area contributed by atoms with Crippen LogP contribution < -0.4 is 4.74 Å². The Hall–Kier alpha value is -2.40. The lowest BCUT2D eigenvalue weighted by Crippen LogP contribution is -2.02. The smallest absolute Gasteiger partial charge is 0.339 e. The highest BCUT2D eigenvalue weighted by atomic mass is 19.1. The molecule has 4 nitrogen and oxygen atoms in total. The number of carbonyl (C=O) groups is 1. The number of benzene rings is 2. The van der Waals surface area contributed by atoms with Crippen molar-refractivity contribution in [1.29, 1.82) is 0 Å². The number of aromatic carboxylic acids is 1. The normalized spacial score (nSPS) is 10.4. The van der Waals surface area contributed by atoms with Crippen LogP contribution in [0.15, 0.2) is 42.5 Å². The van der Waals surface area contributed by atoms with Crippen molar-refractivity contribution in [1.82, 2.24) is 0 Å². The predicted molar refractivity (Wildman–Crippen MR) is 75.5 cm³/mol. The van der Waals surface area contributed by atoms with Crippen molar-refractivity contribution < 1.29 is 23.8 Å². The van der Waals surface area contributed by atoms with E-state index in [4.69, 9.17) is 14.6 Å². The lowest BCUT2D eigenvalue weighted by atomic mass is 10.1. The highest BCUT2D eigenvalue weighted by molar-refractivity contribution is 5.91. The van der Waals surface area contributed by atoms with E-state index in [-0.39, 0.29) is 11.3 Å². The van der Waals surface area contributed by atoms with Gasteiger partial charge in [0.15, 0.2) is 11.6 Å². The number of methoxy groups -OCH3 is 1. The quantitative estimate of drug-likeness (QED) is 0.884. The van der Waals surface area contributed by atoms with Gasteiger partial charge in [0.25, 0.3) is 0 Å². The Balaban J connectivity index is 2.20. The van der Waals surface area contributed by atoms with Crippen molar-refractivity contribution >= 4 is 5.97 Å². The van der Waals surface area contributed by atoms with Crippen LogP contribution in [-0.4, -0.2) is 24.8 Å². The van der Waals surface area contributed by atoms with Crippen molar-refractivity contribution in [3.63, 3.8) is 0 Å². The van der Waals surface area contributed by atoms with E-state index in [1.807, 2.05) is 12.1 Å². The molecular weight excluding hydrogens is 275 g/mol. The first-order valence-electron chi connectivity index (χ1n) is 6.39. The van der Waals surface area contributed by atoms with Gasteiger partial charge in [0.1, 0.15) is 11.3 Å². The molecule has 2 aromatic rings. The maximum absolute atomic E-state index is 13.7. The second-order valence-corrected chi connectivity index (χ2v) is 4.41. The highest BCUT2D eigenvalue weighted by Gasteiger charge is 2.16. The van der Waals surface area contributed by atoms with Crippen LogP contribution in [0.4, 0.5) is 4.39 Å². The molecule has 0 aromatic heterocycles. The molecule has 0 aliphatic heterocycles. The van der Waals surface area contributed by atoms with Gasteiger partial charge in [-0.25, -0.2) is 9.18 Å². The van der Waals surface area contributed by atoms with Crippen LogP contribution in [0.1, 0.15) is 15.9 Å². The predicted octanol–water partition coefficient (Wildman–Crippen LogP) is 3.51. The molecule has 1 N–H and O–H groups in total. The fourth-order valence-electron chi connectivity index (χ4n) is 1.84. The molecule has 0 spiro atoms. The van der Waals surface area contributed by atoms with E-state index in [1.54, 1.807) is 19.2 Å². The topological polar surface area (TPSA) is 55.8 Å². The Kier molecular flexibility index (Phi) is 4.90. The first kappa shape index (κ1) is 15.0. The zero-order valence-corrected chi connectivity index (χ0v) is 11.5. The van der Waals surface area contributed by atoms with Gasteiger partial charge < -0.3 is 14.6 Å². The van der Waals surface area contributed by atoms with Crippen LogP contribution in [0.3, 0.4) is 0 Å². The van der Waals surface area contributed by atoms with Gasteiger partial charge in [-0.3, -0.25) is 0 Å². The van der Waals surface area contributed by atoms with Crippen LogP contribution in [0, 0.1) is 5.82 Å². The van der Waals surface area contributed by atoms with Gasteiger partial charge in [0.2, 0.25) is 0 Å². The third kappa shape index (κ3) is 3.79. The third-order valence-corrected chi connectivity index (χ3v) is 2.94. The Bertz CT molecular complexity index is 623. The summed E-state index contributed by atoms with van der Waals surface area (Å²) in [5.41, 5.74) is 0.842. The number of carboxylic acid groups (broad SMARTS) is 1. The molecule has 0 radical (unpaired) electrons. The van der Waals surface area contributed by atoms with Gasteiger partial charge >= 0.3 is 5.97 Å². The summed E-state index contributed by atoms with van der Waals surface area (Å²) in [5.74, 6) is -1.85. The highest BCUT2D eigenvalue weighted by Crippen LogP contribution is 2.28. The van der Waals surface area contributed by atoms with E-state index in [1.165, 1.54) is 12.1 Å². The zero-order valence-electron chi connectivity index (χ0n) is 11.5. The summed E-state index contributed by atoms with van der Waals surface area (Å²) in [6.07, 6.45) is 0.761. The molecule has 0 saturated carbocycles. The number of halogens is 1. The summed E-state index contributed by atoms with van der Waals surface area (Å²) >= 11 is 0. The molecule has 110 valence electrons. The third-order valence-electron chi connectivity index (χ3n) is 2.94. The molecule has 2 rings (SSSR count). The minimum absolute atomic E-state index is 0.210. The largest absolute Gasteiger partial charge is 0.478 e. The molecule has 0 heterocycles. The maximum Gasteiger partial charge on any atom is 0.339 e. The van der Waals surface area contributed by atoms with Crippen LogP contribution in [0.5, 0.6) is 11.5 Å². The molecule has 21 heavy (non-hydrogen) atoms. The average Bonchev–Trinajstić information content (AvgIpc) is 2.48. The van der Waals surface area contributed by atoms with E-state index in [2.05, 4.69) is 0 Å². The first-order valence-corrected chi connectivity index (χ1v) is 6.39. The van der Waals surface area contributed by atoms with Crippen molar-refractivity contribution in [2.24, 2.45) is 0 Å². The zero-order chi connectivity index (χ0) is 15.2. The Morgan fingerprint density at radius 2 is 1.90 bits per heavy atom. The van der Waals surface area contributed by atoms with Crippen molar-refractivity contribution in [3.8, 4) is 11.5 Å². The van der Waals surface area contributed by atoms with Crippen LogP contribution in [0.25, 0.3) is 0 Å². The lowest BCUT2D eigenvalue weighted by molar-refractivity contribution is 0.0693. The molecular formula is C16H15FO4. The SMILES string of the molecule is COCCc1ccc(Oc2c(F)cccc2C(=O)O)cc1. The number of para-hydroxylation sites is 1. The van der Waals surface area contributed by atoms with E-state index in [9.17, 15) is 9.18 Å². The van der Waals surface area contributed by atoms with Gasteiger partial charge in [-0.15, -0.1) is 0 Å². The minimum atomic E-state index is -1.23. The Labute approximate surface area is 121 Å². The summed E-state index contributed by atoms with van der Waals surface area (Å²) in [5, 5.41) is 9.05. The van der Waals surface area contributed by atoms with E-state index >= 15 is 0 Å². The number of hydrogen-bond donors (Lipinski definition) is 1. The van der Waals surface area contributed by atoms with Crippen molar-refractivity contribution in [2.75, 3.05) is 13.7 Å². The van der Waals surface area contributed by atoms with Crippen molar-refractivity contribution in [3.05, 3.63) is 59.4 Å². The summed E-state index contributed by atoms with van der Waals surface area (Å²) in [7, 11) is 1.63. The van der Waals surface area contributed by atoms with E-state index < -0.39 is 11.8 Å². The number of ether oxygens (including phenoxy) is 2. The molecule has 0 amide bonds. The van der Waals surface area contributed by atoms with E-state index in [0.717, 1.165) is 18.1 Å². The standard InChI is InChI=1S/C16H15FO4/c1-20-10-9-11-5-7-12(8-6-11)21-15-13(16(18)19)3-2-4-14(15)17/h2-8H,9-10H2,1H3,(H,18,19). The molecule has 0 atom stereocenters. The second-order valence-electron chi connectivity index (χ2n) is 4.41. The average molecular weight is 290 g/mol. The van der Waals surface area contributed by atoms with Gasteiger partial charge in [-0.2, -0.15) is 0 Å². The second kappa shape index (κ2) is 6.85. The number of carboxylic acids is 1. The van der Waals surface area contributed by atoms with Crippen LogP contribution in [-0.2, 0) is 11.2 Å². The van der Waals surface area contributed by atoms with Crippen molar-refractivity contribution in [2.45, 2.75) is 6.42 Å².